The largest absolute Gasteiger partial charge is 0.460 e. The van der Waals surface area contributed by atoms with Gasteiger partial charge in [0, 0.05) is 42.8 Å². The first-order valence-corrected chi connectivity index (χ1v) is 11.5. The molecule has 0 aromatic carbocycles. The van der Waals surface area contributed by atoms with E-state index in [0.29, 0.717) is 48.4 Å². The number of sulfonamides is 1. The van der Waals surface area contributed by atoms with Crippen molar-refractivity contribution in [3.63, 3.8) is 0 Å². The zero-order valence-corrected chi connectivity index (χ0v) is 18.7. The fourth-order valence-electron chi connectivity index (χ4n) is 3.13. The summed E-state index contributed by atoms with van der Waals surface area (Å²) < 4.78 is 40.3. The Hall–Kier alpha value is -2.46. The van der Waals surface area contributed by atoms with Gasteiger partial charge in [0.2, 0.25) is 10.0 Å². The molecule has 0 radical (unpaired) electrons. The van der Waals surface area contributed by atoms with E-state index >= 15 is 0 Å². The molecule has 10 heteroatoms. The minimum atomic E-state index is -3.62. The number of hydrogen-bond acceptors (Lipinski definition) is 7. The first-order chi connectivity index (χ1) is 14.1. The minimum absolute atomic E-state index is 0.0930. The maximum atomic E-state index is 12.5. The molecule has 0 spiro atoms. The Morgan fingerprint density at radius 2 is 1.90 bits per heavy atom. The molecule has 1 aliphatic rings. The zero-order chi connectivity index (χ0) is 22.1. The first kappa shape index (κ1) is 22.2. The number of anilines is 1. The smallest absolute Gasteiger partial charge is 0.319 e. The van der Waals surface area contributed by atoms with Gasteiger partial charge >= 0.3 is 6.01 Å². The number of nitrogens with zero attached hydrogens (tertiary/aromatic N) is 3. The fourth-order valence-corrected chi connectivity index (χ4v) is 3.84. The lowest BCUT2D eigenvalue weighted by Gasteiger charge is -2.23. The quantitative estimate of drug-likeness (QED) is 0.738. The van der Waals surface area contributed by atoms with E-state index in [1.165, 1.54) is 4.57 Å². The van der Waals surface area contributed by atoms with Crippen LogP contribution in [0.4, 0.5) is 5.82 Å². The Morgan fingerprint density at radius 1 is 1.23 bits per heavy atom. The molecule has 0 amide bonds. The molecular weight excluding hydrogens is 408 g/mol. The normalized spacial score (nSPS) is 15.4. The summed E-state index contributed by atoms with van der Waals surface area (Å²) in [6.07, 6.45) is 2.98. The summed E-state index contributed by atoms with van der Waals surface area (Å²) >= 11 is 0. The summed E-state index contributed by atoms with van der Waals surface area (Å²) in [5.41, 5.74) is 2.19. The molecule has 30 heavy (non-hydrogen) atoms. The van der Waals surface area contributed by atoms with Crippen LogP contribution in [0.15, 0.2) is 17.1 Å². The topological polar surface area (TPSA) is 112 Å². The first-order valence-electron chi connectivity index (χ1n) is 9.91. The molecule has 1 aliphatic heterocycles. The molecule has 0 saturated carbocycles. The molecule has 0 bridgehead atoms. The number of nitrogens with one attached hydrogen (secondary N) is 1. The third-order valence-electron chi connectivity index (χ3n) is 5.06. The van der Waals surface area contributed by atoms with Crippen LogP contribution in [-0.2, 0) is 21.8 Å². The van der Waals surface area contributed by atoms with Gasteiger partial charge in [0.25, 0.3) is 5.56 Å². The third-order valence-corrected chi connectivity index (χ3v) is 6.78. The average Bonchev–Trinajstić information content (AvgIpc) is 2.68. The van der Waals surface area contributed by atoms with Crippen LogP contribution >= 0.6 is 0 Å². The van der Waals surface area contributed by atoms with E-state index in [2.05, 4.69) is 14.7 Å². The van der Waals surface area contributed by atoms with Crippen molar-refractivity contribution >= 4 is 15.8 Å². The molecule has 3 rings (SSSR count). The van der Waals surface area contributed by atoms with Crippen LogP contribution in [0.25, 0.3) is 11.3 Å². The number of aromatic nitrogens is 3. The molecule has 1 N–H and O–H groups in total. The van der Waals surface area contributed by atoms with Crippen molar-refractivity contribution in [3.05, 3.63) is 33.7 Å². The van der Waals surface area contributed by atoms with E-state index in [1.54, 1.807) is 47.0 Å². The van der Waals surface area contributed by atoms with Crippen molar-refractivity contribution in [2.45, 2.75) is 51.9 Å². The van der Waals surface area contributed by atoms with Crippen molar-refractivity contribution in [2.24, 2.45) is 7.05 Å². The van der Waals surface area contributed by atoms with E-state index in [4.69, 9.17) is 9.47 Å². The maximum Gasteiger partial charge on any atom is 0.319 e. The fraction of sp³-hybridized carbons (Fsp3) is 0.550. The molecule has 2 aromatic heterocycles. The second-order valence-electron chi connectivity index (χ2n) is 7.78. The molecule has 3 heterocycles. The Morgan fingerprint density at radius 3 is 2.50 bits per heavy atom. The molecule has 1 fully saturated rings. The van der Waals surface area contributed by atoms with Crippen LogP contribution in [0, 0.1) is 13.8 Å². The van der Waals surface area contributed by atoms with Crippen LogP contribution in [0.3, 0.4) is 0 Å². The Labute approximate surface area is 176 Å². The summed E-state index contributed by atoms with van der Waals surface area (Å²) in [5, 5.41) is -0.630. The van der Waals surface area contributed by atoms with Gasteiger partial charge in [-0.15, -0.1) is 0 Å². The monoisotopic (exact) mass is 436 g/mol. The SMILES string of the molecule is Cc1c(NS(=O)(=O)C(C)C)nc(OC2CCOCC2)nc1-c1cc(C)c(=O)n(C)c1. The summed E-state index contributed by atoms with van der Waals surface area (Å²) in [6, 6.07) is 1.83. The molecule has 0 atom stereocenters. The number of hydrogen-bond donors (Lipinski definition) is 1. The van der Waals surface area contributed by atoms with E-state index in [9.17, 15) is 13.2 Å². The van der Waals surface area contributed by atoms with Gasteiger partial charge in [-0.3, -0.25) is 9.52 Å². The maximum absolute atomic E-state index is 12.5. The van der Waals surface area contributed by atoms with Gasteiger partial charge in [-0.1, -0.05) is 0 Å². The summed E-state index contributed by atoms with van der Waals surface area (Å²) in [6.45, 7) is 7.84. The average molecular weight is 437 g/mol. The lowest BCUT2D eigenvalue weighted by Crippen LogP contribution is -2.27. The number of aryl methyl sites for hydroxylation is 2. The molecule has 9 nitrogen and oxygen atoms in total. The standard InChI is InChI=1S/C20H28N4O5S/c1-12(2)30(26,27)23-18-14(4)17(15-10-13(3)19(25)24(5)11-15)21-20(22-18)29-16-6-8-28-9-7-16/h10-12,16H,6-9H2,1-5H3,(H,21,22,23). The highest BCUT2D eigenvalue weighted by atomic mass is 32.2. The van der Waals surface area contributed by atoms with Crippen molar-refractivity contribution in [3.8, 4) is 17.3 Å². The number of ether oxygens (including phenoxy) is 2. The molecule has 2 aromatic rings. The van der Waals surface area contributed by atoms with Gasteiger partial charge in [-0.25, -0.2) is 8.42 Å². The Balaban J connectivity index is 2.11. The summed E-state index contributed by atoms with van der Waals surface area (Å²) in [4.78, 5) is 21.0. The molecule has 1 saturated heterocycles. The molecule has 0 unspecified atom stereocenters. The van der Waals surface area contributed by atoms with Gasteiger partial charge in [0.15, 0.2) is 0 Å². The van der Waals surface area contributed by atoms with Crippen LogP contribution in [0.5, 0.6) is 6.01 Å². The van der Waals surface area contributed by atoms with Crippen molar-refractivity contribution in [2.75, 3.05) is 17.9 Å². The Kier molecular flexibility index (Phi) is 6.47. The lowest BCUT2D eigenvalue weighted by atomic mass is 10.1. The van der Waals surface area contributed by atoms with Gasteiger partial charge < -0.3 is 14.0 Å². The van der Waals surface area contributed by atoms with Crippen LogP contribution in [0.1, 0.15) is 37.8 Å². The van der Waals surface area contributed by atoms with E-state index < -0.39 is 15.3 Å². The predicted molar refractivity (Wildman–Crippen MR) is 114 cm³/mol. The third kappa shape index (κ3) is 4.81. The zero-order valence-electron chi connectivity index (χ0n) is 17.9. The second kappa shape index (κ2) is 8.73. The minimum Gasteiger partial charge on any atom is -0.460 e. The van der Waals surface area contributed by atoms with E-state index in [1.807, 2.05) is 0 Å². The lowest BCUT2D eigenvalue weighted by molar-refractivity contribution is 0.0218. The highest BCUT2D eigenvalue weighted by molar-refractivity contribution is 7.93. The van der Waals surface area contributed by atoms with Gasteiger partial charge in [-0.2, -0.15) is 9.97 Å². The summed E-state index contributed by atoms with van der Waals surface area (Å²) in [7, 11) is -1.95. The van der Waals surface area contributed by atoms with Crippen LogP contribution in [-0.4, -0.2) is 47.5 Å². The highest BCUT2D eigenvalue weighted by Crippen LogP contribution is 2.29. The van der Waals surface area contributed by atoms with E-state index in [-0.39, 0.29) is 23.5 Å². The number of pyridine rings is 1. The highest BCUT2D eigenvalue weighted by Gasteiger charge is 2.23. The van der Waals surface area contributed by atoms with Gasteiger partial charge in [0.05, 0.1) is 24.2 Å². The van der Waals surface area contributed by atoms with Gasteiger partial charge in [-0.05, 0) is 33.8 Å². The van der Waals surface area contributed by atoms with Crippen molar-refractivity contribution in [1.29, 1.82) is 0 Å². The predicted octanol–water partition coefficient (Wildman–Crippen LogP) is 2.17. The summed E-state index contributed by atoms with van der Waals surface area (Å²) in [5.74, 6) is 0.169. The Bertz CT molecular complexity index is 1060. The number of rotatable bonds is 6. The van der Waals surface area contributed by atoms with Crippen LogP contribution in [0.2, 0.25) is 0 Å². The molecular formula is C20H28N4O5S. The van der Waals surface area contributed by atoms with Gasteiger partial charge in [0.1, 0.15) is 11.9 Å². The molecule has 0 aliphatic carbocycles. The van der Waals surface area contributed by atoms with E-state index in [0.717, 1.165) is 0 Å². The van der Waals surface area contributed by atoms with Crippen molar-refractivity contribution < 1.29 is 17.9 Å². The van der Waals surface area contributed by atoms with Crippen LogP contribution < -0.4 is 15.0 Å². The van der Waals surface area contributed by atoms with Crippen molar-refractivity contribution in [1.82, 2.24) is 14.5 Å². The second-order valence-corrected chi connectivity index (χ2v) is 10.0. The molecule has 164 valence electrons.